The number of amides is 1. The molecule has 0 radical (unpaired) electrons. The zero-order valence-corrected chi connectivity index (χ0v) is 15.1. The van der Waals surface area contributed by atoms with E-state index in [1.165, 1.54) is 12.1 Å². The molecular weight excluding hydrogens is 387 g/mol. The maximum atomic E-state index is 13.8. The highest BCUT2D eigenvalue weighted by Crippen LogP contribution is 2.19. The third-order valence-electron chi connectivity index (χ3n) is 3.60. The van der Waals surface area contributed by atoms with Crippen LogP contribution in [-0.4, -0.2) is 34.4 Å². The average Bonchev–Trinajstić information content (AvgIpc) is 2.56. The quantitative estimate of drug-likeness (QED) is 0.708. The van der Waals surface area contributed by atoms with Crippen LogP contribution in [0.1, 0.15) is 5.56 Å². The number of rotatable bonds is 5. The van der Waals surface area contributed by atoms with Gasteiger partial charge in [0.25, 0.3) is 0 Å². The second-order valence-corrected chi connectivity index (χ2v) is 6.64. The molecule has 5 nitrogen and oxygen atoms in total. The summed E-state index contributed by atoms with van der Waals surface area (Å²) in [5, 5.41) is 3.48. The van der Waals surface area contributed by atoms with Gasteiger partial charge in [0, 0.05) is 28.8 Å². The number of carbonyl (C=O) groups excluding carboxylic acids is 1. The molecule has 1 amide bonds. The van der Waals surface area contributed by atoms with Gasteiger partial charge in [-0.25, -0.2) is 9.37 Å². The number of benzene rings is 1. The summed E-state index contributed by atoms with van der Waals surface area (Å²) in [6.07, 6.45) is 3.29. The van der Waals surface area contributed by atoms with Gasteiger partial charge in [0.2, 0.25) is 5.91 Å². The van der Waals surface area contributed by atoms with Gasteiger partial charge in [-0.3, -0.25) is 14.7 Å². The van der Waals surface area contributed by atoms with E-state index in [1.807, 2.05) is 6.07 Å². The van der Waals surface area contributed by atoms with Crippen molar-refractivity contribution in [1.82, 2.24) is 14.9 Å². The van der Waals surface area contributed by atoms with Crippen molar-refractivity contribution < 1.29 is 9.18 Å². The van der Waals surface area contributed by atoms with Crippen LogP contribution in [0.25, 0.3) is 10.9 Å². The lowest BCUT2D eigenvalue weighted by Crippen LogP contribution is -2.30. The number of nitrogens with one attached hydrogen (secondary N) is 1. The molecule has 0 saturated heterocycles. The summed E-state index contributed by atoms with van der Waals surface area (Å²) in [6.45, 7) is 0.565. The Morgan fingerprint density at radius 3 is 2.88 bits per heavy atom. The minimum atomic E-state index is -0.313. The van der Waals surface area contributed by atoms with E-state index in [4.69, 9.17) is 0 Å². The van der Waals surface area contributed by atoms with E-state index >= 15 is 0 Å². The summed E-state index contributed by atoms with van der Waals surface area (Å²) in [5.41, 5.74) is 1.48. The molecular formula is C18H16BrFN4O. The number of aromatic nitrogens is 2. The first-order chi connectivity index (χ1) is 12.0. The van der Waals surface area contributed by atoms with Crippen LogP contribution in [0.2, 0.25) is 0 Å². The Hall–Kier alpha value is -2.38. The summed E-state index contributed by atoms with van der Waals surface area (Å²) in [4.78, 5) is 22.4. The topological polar surface area (TPSA) is 58.1 Å². The van der Waals surface area contributed by atoms with Gasteiger partial charge >= 0.3 is 0 Å². The predicted molar refractivity (Wildman–Crippen MR) is 98.6 cm³/mol. The third-order valence-corrected chi connectivity index (χ3v) is 4.07. The molecule has 0 aliphatic heterocycles. The first kappa shape index (κ1) is 17.4. The van der Waals surface area contributed by atoms with Gasteiger partial charge < -0.3 is 5.32 Å². The molecule has 2 heterocycles. The maximum Gasteiger partial charge on any atom is 0.239 e. The Balaban J connectivity index is 1.67. The summed E-state index contributed by atoms with van der Waals surface area (Å²) in [6, 6.07) is 10.0. The van der Waals surface area contributed by atoms with Crippen LogP contribution in [0.5, 0.6) is 0 Å². The van der Waals surface area contributed by atoms with Crippen molar-refractivity contribution in [3.8, 4) is 0 Å². The fourth-order valence-electron chi connectivity index (χ4n) is 2.57. The molecule has 0 bridgehead atoms. The molecule has 0 atom stereocenters. The highest BCUT2D eigenvalue weighted by Gasteiger charge is 2.11. The number of likely N-dealkylation sites (N-methyl/N-ethyl adjacent to an activating group) is 1. The fourth-order valence-corrected chi connectivity index (χ4v) is 2.81. The van der Waals surface area contributed by atoms with Crippen LogP contribution >= 0.6 is 15.9 Å². The zero-order chi connectivity index (χ0) is 17.8. The monoisotopic (exact) mass is 402 g/mol. The third kappa shape index (κ3) is 4.58. The predicted octanol–water partition coefficient (Wildman–Crippen LogP) is 3.60. The van der Waals surface area contributed by atoms with E-state index in [2.05, 4.69) is 31.2 Å². The molecule has 7 heteroatoms. The Labute approximate surface area is 153 Å². The van der Waals surface area contributed by atoms with E-state index < -0.39 is 0 Å². The number of nitrogens with zero attached hydrogens (tertiary/aromatic N) is 3. The first-order valence-corrected chi connectivity index (χ1v) is 8.43. The summed E-state index contributed by atoms with van der Waals surface area (Å²) in [7, 11) is 1.80. The van der Waals surface area contributed by atoms with Crippen LogP contribution < -0.4 is 5.32 Å². The number of halogens is 2. The molecule has 128 valence electrons. The number of hydrogen-bond acceptors (Lipinski definition) is 4. The highest BCUT2D eigenvalue weighted by molar-refractivity contribution is 9.10. The highest BCUT2D eigenvalue weighted by atomic mass is 79.9. The molecule has 0 aliphatic rings. The molecule has 0 spiro atoms. The molecule has 0 unspecified atom stereocenters. The van der Waals surface area contributed by atoms with Gasteiger partial charge in [-0.05, 0) is 58.9 Å². The van der Waals surface area contributed by atoms with Crippen molar-refractivity contribution in [3.05, 3.63) is 64.6 Å². The molecule has 1 aromatic carbocycles. The van der Waals surface area contributed by atoms with Crippen molar-refractivity contribution in [2.75, 3.05) is 18.9 Å². The van der Waals surface area contributed by atoms with Gasteiger partial charge in [-0.1, -0.05) is 6.07 Å². The number of hydrogen-bond donors (Lipinski definition) is 1. The normalized spacial score (nSPS) is 11.0. The van der Waals surface area contributed by atoms with Crippen molar-refractivity contribution in [1.29, 1.82) is 0 Å². The Morgan fingerprint density at radius 1 is 1.28 bits per heavy atom. The molecule has 0 aliphatic carbocycles. The van der Waals surface area contributed by atoms with Crippen molar-refractivity contribution in [3.63, 3.8) is 0 Å². The lowest BCUT2D eigenvalue weighted by Gasteiger charge is -2.17. The van der Waals surface area contributed by atoms with Gasteiger partial charge in [0.1, 0.15) is 11.6 Å². The molecule has 3 rings (SSSR count). The van der Waals surface area contributed by atoms with Crippen LogP contribution in [-0.2, 0) is 11.3 Å². The minimum Gasteiger partial charge on any atom is -0.310 e. The number of pyridine rings is 2. The van der Waals surface area contributed by atoms with E-state index in [9.17, 15) is 9.18 Å². The van der Waals surface area contributed by atoms with Crippen molar-refractivity contribution >= 4 is 38.6 Å². The molecule has 2 aromatic heterocycles. The van der Waals surface area contributed by atoms with Gasteiger partial charge in [0.15, 0.2) is 0 Å². The largest absolute Gasteiger partial charge is 0.310 e. The Morgan fingerprint density at radius 2 is 2.12 bits per heavy atom. The number of fused-ring (bicyclic) bond motifs is 1. The van der Waals surface area contributed by atoms with Gasteiger partial charge in [0.05, 0.1) is 12.1 Å². The SMILES string of the molecule is CN(CC(=O)Nc1ccc(Br)cn1)Cc1cc(F)cc2cccnc12. The van der Waals surface area contributed by atoms with Crippen LogP contribution in [0, 0.1) is 5.82 Å². The van der Waals surface area contributed by atoms with E-state index in [1.54, 1.807) is 42.5 Å². The molecule has 1 N–H and O–H groups in total. The Bertz CT molecular complexity index is 901. The molecule has 0 saturated carbocycles. The van der Waals surface area contributed by atoms with Crippen LogP contribution in [0.4, 0.5) is 10.2 Å². The van der Waals surface area contributed by atoms with E-state index in [0.29, 0.717) is 12.4 Å². The average molecular weight is 403 g/mol. The smallest absolute Gasteiger partial charge is 0.239 e. The van der Waals surface area contributed by atoms with Gasteiger partial charge in [-0.15, -0.1) is 0 Å². The number of anilines is 1. The minimum absolute atomic E-state index is 0.155. The van der Waals surface area contributed by atoms with Crippen LogP contribution in [0.15, 0.2) is 53.3 Å². The second kappa shape index (κ2) is 7.67. The Kier molecular flexibility index (Phi) is 5.35. The van der Waals surface area contributed by atoms with Crippen molar-refractivity contribution in [2.45, 2.75) is 6.54 Å². The summed E-state index contributed by atoms with van der Waals surface area (Å²) >= 11 is 3.29. The van der Waals surface area contributed by atoms with Crippen molar-refractivity contribution in [2.24, 2.45) is 0 Å². The van der Waals surface area contributed by atoms with Crippen LogP contribution in [0.3, 0.4) is 0 Å². The summed E-state index contributed by atoms with van der Waals surface area (Å²) < 4.78 is 14.6. The second-order valence-electron chi connectivity index (χ2n) is 5.72. The fraction of sp³-hybridized carbons (Fsp3) is 0.167. The standard InChI is InChI=1S/C18H16BrFN4O/c1-24(11-17(25)23-16-5-4-14(19)9-22-16)10-13-8-15(20)7-12-3-2-6-21-18(12)13/h2-9H,10-11H2,1H3,(H,22,23,25). The van der Waals surface area contributed by atoms with Gasteiger partial charge in [-0.2, -0.15) is 0 Å². The summed E-state index contributed by atoms with van der Waals surface area (Å²) in [5.74, 6) is -0.0159. The van der Waals surface area contributed by atoms with E-state index in [-0.39, 0.29) is 18.3 Å². The zero-order valence-electron chi connectivity index (χ0n) is 13.5. The lowest BCUT2D eigenvalue weighted by atomic mass is 10.1. The molecule has 3 aromatic rings. The molecule has 25 heavy (non-hydrogen) atoms. The lowest BCUT2D eigenvalue weighted by molar-refractivity contribution is -0.117. The van der Waals surface area contributed by atoms with E-state index in [0.717, 1.165) is 20.9 Å². The number of carbonyl (C=O) groups is 1. The maximum absolute atomic E-state index is 13.8. The molecule has 0 fully saturated rings. The first-order valence-electron chi connectivity index (χ1n) is 7.64.